The van der Waals surface area contributed by atoms with E-state index in [2.05, 4.69) is 13.8 Å². The smallest absolute Gasteiger partial charge is 0.306 e. The largest absolute Gasteiger partial charge is 0.469 e. The molecule has 16 heavy (non-hydrogen) atoms. The van der Waals surface area contributed by atoms with Crippen molar-refractivity contribution in [2.45, 2.75) is 62.9 Å². The average Bonchev–Trinajstić information content (AvgIpc) is 2.28. The van der Waals surface area contributed by atoms with Crippen LogP contribution in [0.25, 0.3) is 0 Å². The third-order valence-corrected chi connectivity index (χ3v) is 4.86. The Morgan fingerprint density at radius 1 is 1.50 bits per heavy atom. The number of rotatable bonds is 5. The van der Waals surface area contributed by atoms with Crippen molar-refractivity contribution in [3.63, 3.8) is 0 Å². The molecule has 1 aliphatic rings. The highest BCUT2D eigenvalue weighted by Gasteiger charge is 2.23. The van der Waals surface area contributed by atoms with Gasteiger partial charge in [0.05, 0.1) is 13.5 Å². The monoisotopic (exact) mass is 244 g/mol. The lowest BCUT2D eigenvalue weighted by Crippen LogP contribution is -2.20. The van der Waals surface area contributed by atoms with Gasteiger partial charge in [-0.25, -0.2) is 0 Å². The normalized spacial score (nSPS) is 27.4. The lowest BCUT2D eigenvalue weighted by molar-refractivity contribution is -0.140. The molecule has 3 unspecified atom stereocenters. The van der Waals surface area contributed by atoms with Crippen LogP contribution in [-0.2, 0) is 9.53 Å². The van der Waals surface area contributed by atoms with Crippen molar-refractivity contribution in [2.75, 3.05) is 7.11 Å². The summed E-state index contributed by atoms with van der Waals surface area (Å²) in [6.07, 6.45) is 7.29. The highest BCUT2D eigenvalue weighted by Crippen LogP contribution is 2.36. The second-order valence-electron chi connectivity index (χ2n) is 4.79. The molecule has 94 valence electrons. The Hall–Kier alpha value is -0.180. The van der Waals surface area contributed by atoms with E-state index in [1.165, 1.54) is 39.2 Å². The van der Waals surface area contributed by atoms with Gasteiger partial charge in [-0.2, -0.15) is 11.8 Å². The summed E-state index contributed by atoms with van der Waals surface area (Å²) in [5, 5.41) is 1.16. The van der Waals surface area contributed by atoms with Crippen molar-refractivity contribution in [1.29, 1.82) is 0 Å². The maximum Gasteiger partial charge on any atom is 0.306 e. The molecular weight excluding hydrogens is 220 g/mol. The minimum Gasteiger partial charge on any atom is -0.469 e. The average molecular weight is 244 g/mol. The van der Waals surface area contributed by atoms with Gasteiger partial charge < -0.3 is 4.74 Å². The second kappa shape index (κ2) is 7.21. The lowest BCUT2D eigenvalue weighted by Gasteiger charge is -2.29. The number of carbonyl (C=O) groups excluding carboxylic acids is 1. The second-order valence-corrected chi connectivity index (χ2v) is 6.53. The summed E-state index contributed by atoms with van der Waals surface area (Å²) < 4.78 is 4.70. The number of carbonyl (C=O) groups is 1. The number of hydrogen-bond acceptors (Lipinski definition) is 3. The van der Waals surface area contributed by atoms with Crippen molar-refractivity contribution < 1.29 is 9.53 Å². The maximum atomic E-state index is 11.1. The van der Waals surface area contributed by atoms with Gasteiger partial charge in [0.2, 0.25) is 0 Å². The van der Waals surface area contributed by atoms with Crippen molar-refractivity contribution in [1.82, 2.24) is 0 Å². The van der Waals surface area contributed by atoms with Crippen LogP contribution in [0.15, 0.2) is 0 Å². The number of ether oxygens (including phenoxy) is 1. The molecule has 0 heterocycles. The van der Waals surface area contributed by atoms with E-state index in [1.54, 1.807) is 0 Å². The molecule has 0 aromatic heterocycles. The molecule has 1 saturated carbocycles. The van der Waals surface area contributed by atoms with Crippen LogP contribution in [0.3, 0.4) is 0 Å². The first-order chi connectivity index (χ1) is 7.65. The predicted octanol–water partition coefficient (Wildman–Crippen LogP) is 3.64. The van der Waals surface area contributed by atoms with Crippen molar-refractivity contribution in [3.8, 4) is 0 Å². The summed E-state index contributed by atoms with van der Waals surface area (Å²) in [5.74, 6) is 0.833. The molecule has 1 fully saturated rings. The van der Waals surface area contributed by atoms with E-state index >= 15 is 0 Å². The molecule has 0 aromatic rings. The Bertz CT molecular complexity index is 218. The summed E-state index contributed by atoms with van der Waals surface area (Å²) >= 11 is 1.98. The van der Waals surface area contributed by atoms with E-state index in [0.717, 1.165) is 11.2 Å². The molecule has 0 saturated heterocycles. The Morgan fingerprint density at radius 2 is 2.25 bits per heavy atom. The van der Waals surface area contributed by atoms with Crippen molar-refractivity contribution >= 4 is 17.7 Å². The van der Waals surface area contributed by atoms with E-state index in [-0.39, 0.29) is 5.97 Å². The fourth-order valence-corrected chi connectivity index (χ4v) is 4.01. The summed E-state index contributed by atoms with van der Waals surface area (Å²) in [4.78, 5) is 11.1. The van der Waals surface area contributed by atoms with Gasteiger partial charge in [-0.1, -0.05) is 33.1 Å². The van der Waals surface area contributed by atoms with Crippen molar-refractivity contribution in [3.05, 3.63) is 0 Å². The molecular formula is C13H24O2S. The summed E-state index contributed by atoms with van der Waals surface area (Å²) in [5.41, 5.74) is 0. The van der Waals surface area contributed by atoms with E-state index in [0.29, 0.717) is 11.7 Å². The predicted molar refractivity (Wildman–Crippen MR) is 69.7 cm³/mol. The maximum absolute atomic E-state index is 11.1. The topological polar surface area (TPSA) is 26.3 Å². The van der Waals surface area contributed by atoms with Gasteiger partial charge in [-0.15, -0.1) is 0 Å². The quantitative estimate of drug-likeness (QED) is 0.691. The van der Waals surface area contributed by atoms with Crippen molar-refractivity contribution in [2.24, 2.45) is 5.92 Å². The van der Waals surface area contributed by atoms with Gasteiger partial charge in [0.1, 0.15) is 0 Å². The molecule has 0 spiro atoms. The van der Waals surface area contributed by atoms with Crippen LogP contribution >= 0.6 is 11.8 Å². The van der Waals surface area contributed by atoms with Crippen LogP contribution < -0.4 is 0 Å². The molecule has 0 aliphatic heterocycles. The standard InChI is InChI=1S/C13H24O2S/c1-4-11-6-5-7-12(9-11)16-10(2)8-13(14)15-3/h10-12H,4-9H2,1-3H3. The van der Waals surface area contributed by atoms with Gasteiger partial charge in [-0.3, -0.25) is 4.79 Å². The summed E-state index contributed by atoms with van der Waals surface area (Å²) in [6.45, 7) is 4.42. The third-order valence-electron chi connectivity index (χ3n) is 3.42. The third kappa shape index (κ3) is 4.77. The Morgan fingerprint density at radius 3 is 2.88 bits per heavy atom. The van der Waals surface area contributed by atoms with Gasteiger partial charge in [0, 0.05) is 10.5 Å². The highest BCUT2D eigenvalue weighted by molar-refractivity contribution is 8.00. The van der Waals surface area contributed by atoms with E-state index in [1.807, 2.05) is 11.8 Å². The fourth-order valence-electron chi connectivity index (χ4n) is 2.43. The molecule has 3 atom stereocenters. The molecule has 0 aromatic carbocycles. The van der Waals surface area contributed by atoms with E-state index in [9.17, 15) is 4.79 Å². The number of esters is 1. The number of methoxy groups -OCH3 is 1. The molecule has 0 amide bonds. The molecule has 0 bridgehead atoms. The van der Waals surface area contributed by atoms with E-state index < -0.39 is 0 Å². The lowest BCUT2D eigenvalue weighted by atomic mass is 9.87. The van der Waals surface area contributed by atoms with E-state index in [4.69, 9.17) is 4.74 Å². The minimum absolute atomic E-state index is 0.0807. The Kier molecular flexibility index (Phi) is 6.25. The zero-order valence-electron chi connectivity index (χ0n) is 10.7. The molecule has 1 rings (SSSR count). The van der Waals surface area contributed by atoms with Crippen LogP contribution in [0.4, 0.5) is 0 Å². The van der Waals surface area contributed by atoms with Crippen LogP contribution in [-0.4, -0.2) is 23.6 Å². The van der Waals surface area contributed by atoms with Gasteiger partial charge in [0.15, 0.2) is 0 Å². The zero-order chi connectivity index (χ0) is 12.0. The SMILES string of the molecule is CCC1CCCC(SC(C)CC(=O)OC)C1. The van der Waals surface area contributed by atoms with Gasteiger partial charge in [0.25, 0.3) is 0 Å². The van der Waals surface area contributed by atoms with Crippen LogP contribution in [0.2, 0.25) is 0 Å². The first kappa shape index (κ1) is 13.9. The van der Waals surface area contributed by atoms with Crippen LogP contribution in [0, 0.1) is 5.92 Å². The molecule has 0 N–H and O–H groups in total. The van der Waals surface area contributed by atoms with Gasteiger partial charge in [-0.05, 0) is 18.8 Å². The Balaban J connectivity index is 2.27. The highest BCUT2D eigenvalue weighted by atomic mass is 32.2. The van der Waals surface area contributed by atoms with Crippen LogP contribution in [0.5, 0.6) is 0 Å². The molecule has 3 heteroatoms. The summed E-state index contributed by atoms with van der Waals surface area (Å²) in [7, 11) is 1.47. The molecule has 1 aliphatic carbocycles. The first-order valence-corrected chi connectivity index (χ1v) is 7.32. The minimum atomic E-state index is -0.0807. The number of thioether (sulfide) groups is 1. The van der Waals surface area contributed by atoms with Gasteiger partial charge >= 0.3 is 5.97 Å². The summed E-state index contributed by atoms with van der Waals surface area (Å²) in [6, 6.07) is 0. The number of hydrogen-bond donors (Lipinski definition) is 0. The first-order valence-electron chi connectivity index (χ1n) is 6.38. The Labute approximate surface area is 104 Å². The van der Waals surface area contributed by atoms with Crippen LogP contribution in [0.1, 0.15) is 52.4 Å². The molecule has 0 radical (unpaired) electrons. The zero-order valence-corrected chi connectivity index (χ0v) is 11.5. The fraction of sp³-hybridized carbons (Fsp3) is 0.923. The molecule has 2 nitrogen and oxygen atoms in total.